The van der Waals surface area contributed by atoms with Gasteiger partial charge < -0.3 is 0 Å². The summed E-state index contributed by atoms with van der Waals surface area (Å²) in [6.07, 6.45) is 1.64. The Morgan fingerprint density at radius 2 is 2.05 bits per heavy atom. The van der Waals surface area contributed by atoms with Crippen LogP contribution >= 0.6 is 11.6 Å². The molecule has 0 atom stereocenters. The number of nitrogens with one attached hydrogen (secondary N) is 1. The highest BCUT2D eigenvalue weighted by Crippen LogP contribution is 2.27. The molecule has 0 unspecified atom stereocenters. The lowest BCUT2D eigenvalue weighted by Crippen LogP contribution is -2.37. The minimum Gasteiger partial charge on any atom is -0.288 e. The molecule has 0 fully saturated rings. The minimum atomic E-state index is -3.72. The number of hydrogen-bond donors (Lipinski definition) is 1. The van der Waals surface area contributed by atoms with Crippen molar-refractivity contribution < 1.29 is 8.42 Å². The maximum atomic E-state index is 12.5. The van der Waals surface area contributed by atoms with Crippen LogP contribution in [0, 0.1) is 11.3 Å². The third-order valence-electron chi connectivity index (χ3n) is 3.98. The largest absolute Gasteiger partial charge is 0.288 e. The summed E-state index contributed by atoms with van der Waals surface area (Å²) >= 11 is 6.01. The smallest absolute Gasteiger partial charge is 0.259 e. The molecule has 0 saturated carbocycles. The lowest BCUT2D eigenvalue weighted by molar-refractivity contribution is 0.252. The number of imidazole rings is 1. The first kappa shape index (κ1) is 16.3. The van der Waals surface area contributed by atoms with E-state index in [4.69, 9.17) is 11.6 Å². The molecule has 7 heteroatoms. The van der Waals surface area contributed by atoms with Crippen molar-refractivity contribution in [2.45, 2.75) is 32.7 Å². The van der Waals surface area contributed by atoms with Gasteiger partial charge in [-0.1, -0.05) is 45.4 Å². The van der Waals surface area contributed by atoms with Crippen LogP contribution in [0.25, 0.3) is 5.65 Å². The van der Waals surface area contributed by atoms with Gasteiger partial charge in [-0.3, -0.25) is 4.40 Å². The van der Waals surface area contributed by atoms with Gasteiger partial charge in [0, 0.05) is 12.7 Å². The first-order valence-electron chi connectivity index (χ1n) is 6.77. The average Bonchev–Trinajstić information content (AvgIpc) is 2.73. The molecule has 0 radical (unpaired) electrons. The number of aromatic nitrogens is 2. The molecule has 116 valence electrons. The molecule has 2 rings (SSSR count). The summed E-state index contributed by atoms with van der Waals surface area (Å²) in [7, 11) is -3.72. The first-order chi connectivity index (χ1) is 9.65. The van der Waals surface area contributed by atoms with Gasteiger partial charge in [0.05, 0.1) is 0 Å². The number of nitrogens with zero attached hydrogens (tertiary/aromatic N) is 2. The van der Waals surface area contributed by atoms with Gasteiger partial charge in [0.2, 0.25) is 0 Å². The van der Waals surface area contributed by atoms with Gasteiger partial charge in [0.25, 0.3) is 10.0 Å². The highest BCUT2D eigenvalue weighted by atomic mass is 35.5. The molecule has 0 aliphatic rings. The monoisotopic (exact) mass is 329 g/mol. The zero-order chi connectivity index (χ0) is 15.8. The number of halogens is 1. The van der Waals surface area contributed by atoms with Gasteiger partial charge in [-0.05, 0) is 23.5 Å². The van der Waals surface area contributed by atoms with E-state index in [2.05, 4.69) is 23.6 Å². The fourth-order valence-corrected chi connectivity index (χ4v) is 3.60. The van der Waals surface area contributed by atoms with Gasteiger partial charge in [0.15, 0.2) is 10.2 Å². The molecule has 2 heterocycles. The molecule has 0 bridgehead atoms. The second-order valence-corrected chi connectivity index (χ2v) is 8.14. The SMILES string of the molecule is CC(C)C(C)(C)CNS(=O)(=O)c1c(Cl)nc2ccccn12. The average molecular weight is 330 g/mol. The zero-order valence-corrected chi connectivity index (χ0v) is 14.2. The Labute approximate surface area is 130 Å². The molecule has 0 spiro atoms. The van der Waals surface area contributed by atoms with Crippen LogP contribution in [0.1, 0.15) is 27.7 Å². The number of hydrogen-bond acceptors (Lipinski definition) is 3. The Hall–Kier alpha value is -1.11. The molecule has 0 aliphatic heterocycles. The summed E-state index contributed by atoms with van der Waals surface area (Å²) in [4.78, 5) is 4.07. The van der Waals surface area contributed by atoms with Crippen molar-refractivity contribution in [2.24, 2.45) is 11.3 Å². The summed E-state index contributed by atoms with van der Waals surface area (Å²) in [5, 5.41) is -0.0321. The van der Waals surface area contributed by atoms with Gasteiger partial charge in [-0.25, -0.2) is 18.1 Å². The predicted octanol–water partition coefficient (Wildman–Crippen LogP) is 2.95. The Bertz CT molecular complexity index is 751. The lowest BCUT2D eigenvalue weighted by Gasteiger charge is -2.29. The predicted molar refractivity (Wildman–Crippen MR) is 84.0 cm³/mol. The van der Waals surface area contributed by atoms with E-state index in [1.165, 1.54) is 4.40 Å². The summed E-state index contributed by atoms with van der Waals surface area (Å²) in [6, 6.07) is 5.23. The van der Waals surface area contributed by atoms with E-state index in [1.54, 1.807) is 24.4 Å². The Morgan fingerprint density at radius 3 is 2.67 bits per heavy atom. The van der Waals surface area contributed by atoms with E-state index >= 15 is 0 Å². The fourth-order valence-electron chi connectivity index (χ4n) is 1.74. The third kappa shape index (κ3) is 3.22. The van der Waals surface area contributed by atoms with E-state index in [-0.39, 0.29) is 15.6 Å². The van der Waals surface area contributed by atoms with Crippen LogP contribution < -0.4 is 4.72 Å². The normalized spacial score (nSPS) is 13.2. The van der Waals surface area contributed by atoms with E-state index < -0.39 is 10.0 Å². The van der Waals surface area contributed by atoms with E-state index in [0.717, 1.165) is 0 Å². The number of rotatable bonds is 5. The standard InChI is InChI=1S/C14H20ClN3O2S/c1-10(2)14(3,4)9-16-21(19,20)13-12(15)17-11-7-5-6-8-18(11)13/h5-8,10,16H,9H2,1-4H3. The maximum Gasteiger partial charge on any atom is 0.259 e. The minimum absolute atomic E-state index is 0.0145. The van der Waals surface area contributed by atoms with Gasteiger partial charge in [-0.2, -0.15) is 0 Å². The van der Waals surface area contributed by atoms with Crippen molar-refractivity contribution in [1.82, 2.24) is 14.1 Å². The van der Waals surface area contributed by atoms with Gasteiger partial charge >= 0.3 is 0 Å². The van der Waals surface area contributed by atoms with Crippen molar-refractivity contribution in [2.75, 3.05) is 6.54 Å². The molecule has 2 aromatic rings. The third-order valence-corrected chi connectivity index (χ3v) is 5.78. The molecular formula is C14H20ClN3O2S. The summed E-state index contributed by atoms with van der Waals surface area (Å²) in [5.41, 5.74) is 0.353. The maximum absolute atomic E-state index is 12.5. The molecule has 21 heavy (non-hydrogen) atoms. The highest BCUT2D eigenvalue weighted by molar-refractivity contribution is 7.89. The fraction of sp³-hybridized carbons (Fsp3) is 0.500. The first-order valence-corrected chi connectivity index (χ1v) is 8.63. The van der Waals surface area contributed by atoms with E-state index in [1.807, 2.05) is 13.8 Å². The molecule has 0 aromatic carbocycles. The molecule has 0 amide bonds. The quantitative estimate of drug-likeness (QED) is 0.917. The van der Waals surface area contributed by atoms with Crippen molar-refractivity contribution in [3.8, 4) is 0 Å². The second-order valence-electron chi connectivity index (χ2n) is 6.10. The Kier molecular flexibility index (Phi) is 4.33. The van der Waals surface area contributed by atoms with E-state index in [9.17, 15) is 8.42 Å². The van der Waals surface area contributed by atoms with Crippen LogP contribution in [0.5, 0.6) is 0 Å². The summed E-state index contributed by atoms with van der Waals surface area (Å²) in [5.74, 6) is 0.345. The van der Waals surface area contributed by atoms with Crippen LogP contribution in [-0.2, 0) is 10.0 Å². The van der Waals surface area contributed by atoms with Crippen molar-refractivity contribution in [3.05, 3.63) is 29.5 Å². The topological polar surface area (TPSA) is 63.5 Å². The molecular weight excluding hydrogens is 310 g/mol. The second kappa shape index (κ2) is 5.59. The van der Waals surface area contributed by atoms with Crippen LogP contribution in [0.15, 0.2) is 29.4 Å². The summed E-state index contributed by atoms with van der Waals surface area (Å²) in [6.45, 7) is 8.51. The van der Waals surface area contributed by atoms with Crippen LogP contribution in [-0.4, -0.2) is 24.3 Å². The molecule has 2 aromatic heterocycles. The molecule has 1 N–H and O–H groups in total. The van der Waals surface area contributed by atoms with Crippen molar-refractivity contribution in [3.63, 3.8) is 0 Å². The zero-order valence-electron chi connectivity index (χ0n) is 12.6. The van der Waals surface area contributed by atoms with Crippen LogP contribution in [0.3, 0.4) is 0 Å². The van der Waals surface area contributed by atoms with E-state index in [0.29, 0.717) is 18.1 Å². The highest BCUT2D eigenvalue weighted by Gasteiger charge is 2.28. The van der Waals surface area contributed by atoms with Crippen molar-refractivity contribution >= 4 is 27.3 Å². The van der Waals surface area contributed by atoms with Gasteiger partial charge in [-0.15, -0.1) is 0 Å². The molecule has 0 saturated heterocycles. The van der Waals surface area contributed by atoms with Crippen LogP contribution in [0.2, 0.25) is 5.15 Å². The summed E-state index contributed by atoms with van der Waals surface area (Å²) < 4.78 is 29.2. The van der Waals surface area contributed by atoms with Crippen molar-refractivity contribution in [1.29, 1.82) is 0 Å². The number of sulfonamides is 1. The molecule has 0 aliphatic carbocycles. The van der Waals surface area contributed by atoms with Gasteiger partial charge in [0.1, 0.15) is 5.65 Å². The number of pyridine rings is 1. The Morgan fingerprint density at radius 1 is 1.38 bits per heavy atom. The molecule has 5 nitrogen and oxygen atoms in total. The van der Waals surface area contributed by atoms with Crippen LogP contribution in [0.4, 0.5) is 0 Å². The number of fused-ring (bicyclic) bond motifs is 1. The lowest BCUT2D eigenvalue weighted by atomic mass is 9.81. The Balaban J connectivity index is 2.37.